The Morgan fingerprint density at radius 2 is 2.16 bits per heavy atom. The van der Waals surface area contributed by atoms with E-state index < -0.39 is 0 Å². The Morgan fingerprint density at radius 1 is 1.37 bits per heavy atom. The number of ether oxygens (including phenoxy) is 2. The third-order valence-electron chi connectivity index (χ3n) is 4.48. The molecule has 2 aliphatic heterocycles. The minimum absolute atomic E-state index is 0.163. The zero-order chi connectivity index (χ0) is 13.6. The maximum Gasteiger partial charge on any atom is 0.0701 e. The molecule has 19 heavy (non-hydrogen) atoms. The summed E-state index contributed by atoms with van der Waals surface area (Å²) >= 11 is 2.06. The summed E-state index contributed by atoms with van der Waals surface area (Å²) in [4.78, 5) is 0. The maximum atomic E-state index is 6.38. The van der Waals surface area contributed by atoms with Crippen LogP contribution in [0.2, 0.25) is 0 Å². The molecular weight excluding hydrogens is 258 g/mol. The number of hydrogen-bond acceptors (Lipinski definition) is 4. The van der Waals surface area contributed by atoms with Crippen molar-refractivity contribution in [2.45, 2.75) is 57.1 Å². The molecule has 2 saturated heterocycles. The predicted octanol–water partition coefficient (Wildman–Crippen LogP) is 2.82. The Kier molecular flexibility index (Phi) is 6.46. The summed E-state index contributed by atoms with van der Waals surface area (Å²) in [6.45, 7) is 4.72. The first-order valence-electron chi connectivity index (χ1n) is 7.81. The van der Waals surface area contributed by atoms with Crippen LogP contribution in [-0.2, 0) is 9.47 Å². The van der Waals surface area contributed by atoms with Gasteiger partial charge in [0.15, 0.2) is 0 Å². The zero-order valence-electron chi connectivity index (χ0n) is 12.2. The van der Waals surface area contributed by atoms with Gasteiger partial charge >= 0.3 is 0 Å². The zero-order valence-corrected chi connectivity index (χ0v) is 13.1. The lowest BCUT2D eigenvalue weighted by Crippen LogP contribution is -2.47. The van der Waals surface area contributed by atoms with Crippen LogP contribution in [0.25, 0.3) is 0 Å². The second kappa shape index (κ2) is 7.87. The fourth-order valence-electron chi connectivity index (χ4n) is 3.22. The average Bonchev–Trinajstić information content (AvgIpc) is 2.44. The van der Waals surface area contributed by atoms with E-state index in [0.29, 0.717) is 5.92 Å². The van der Waals surface area contributed by atoms with Gasteiger partial charge in [0.05, 0.1) is 5.60 Å². The normalized spacial score (nSPS) is 28.4. The summed E-state index contributed by atoms with van der Waals surface area (Å²) in [5.41, 5.74) is 6.54. The molecule has 1 spiro atoms. The molecule has 2 N–H and O–H groups in total. The van der Waals surface area contributed by atoms with Gasteiger partial charge in [-0.15, -0.1) is 0 Å². The van der Waals surface area contributed by atoms with E-state index in [1.165, 1.54) is 30.8 Å². The average molecular weight is 287 g/mol. The molecule has 0 radical (unpaired) electrons. The van der Waals surface area contributed by atoms with E-state index in [1.807, 2.05) is 0 Å². The molecule has 3 nitrogen and oxygen atoms in total. The summed E-state index contributed by atoms with van der Waals surface area (Å²) in [6, 6.07) is 0.284. The van der Waals surface area contributed by atoms with Gasteiger partial charge in [-0.05, 0) is 55.9 Å². The number of hydrogen-bond donors (Lipinski definition) is 1. The largest absolute Gasteiger partial charge is 0.381 e. The molecule has 0 bridgehead atoms. The van der Waals surface area contributed by atoms with Crippen LogP contribution < -0.4 is 5.73 Å². The molecule has 2 heterocycles. The number of rotatable bonds is 6. The third kappa shape index (κ3) is 4.62. The van der Waals surface area contributed by atoms with Crippen molar-refractivity contribution in [2.24, 2.45) is 11.7 Å². The fraction of sp³-hybridized carbons (Fsp3) is 1.00. The monoisotopic (exact) mass is 287 g/mol. The first-order valence-corrected chi connectivity index (χ1v) is 8.96. The molecule has 0 aliphatic carbocycles. The van der Waals surface area contributed by atoms with E-state index in [-0.39, 0.29) is 11.6 Å². The quantitative estimate of drug-likeness (QED) is 0.763. The third-order valence-corrected chi connectivity index (χ3v) is 5.47. The van der Waals surface area contributed by atoms with E-state index in [0.717, 1.165) is 39.1 Å². The highest BCUT2D eigenvalue weighted by molar-refractivity contribution is 7.99. The highest BCUT2D eigenvalue weighted by Crippen LogP contribution is 2.40. The highest BCUT2D eigenvalue weighted by Gasteiger charge is 2.40. The number of thioether (sulfide) groups is 1. The van der Waals surface area contributed by atoms with Gasteiger partial charge in [0.25, 0.3) is 0 Å². The molecule has 2 atom stereocenters. The molecule has 2 unspecified atom stereocenters. The van der Waals surface area contributed by atoms with Crippen molar-refractivity contribution in [1.82, 2.24) is 0 Å². The van der Waals surface area contributed by atoms with Crippen LogP contribution in [0.4, 0.5) is 0 Å². The molecule has 0 aromatic carbocycles. The summed E-state index contributed by atoms with van der Waals surface area (Å²) in [5.74, 6) is 3.13. The Balaban J connectivity index is 1.76. The lowest BCUT2D eigenvalue weighted by molar-refractivity contribution is -0.106. The van der Waals surface area contributed by atoms with E-state index in [9.17, 15) is 0 Å². The Hall–Kier alpha value is 0.230. The van der Waals surface area contributed by atoms with Crippen molar-refractivity contribution in [3.8, 4) is 0 Å². The van der Waals surface area contributed by atoms with Gasteiger partial charge < -0.3 is 15.2 Å². The lowest BCUT2D eigenvalue weighted by Gasteiger charge is -2.44. The Labute approximate surface area is 122 Å². The van der Waals surface area contributed by atoms with Gasteiger partial charge in [0, 0.05) is 25.9 Å². The van der Waals surface area contributed by atoms with Gasteiger partial charge in [0.1, 0.15) is 0 Å². The van der Waals surface area contributed by atoms with Gasteiger partial charge in [-0.1, -0.05) is 6.92 Å². The molecule has 2 rings (SSSR count). The van der Waals surface area contributed by atoms with E-state index in [4.69, 9.17) is 15.2 Å². The molecule has 0 aromatic rings. The van der Waals surface area contributed by atoms with Gasteiger partial charge in [0.2, 0.25) is 0 Å². The maximum absolute atomic E-state index is 6.38. The minimum Gasteiger partial charge on any atom is -0.381 e. The van der Waals surface area contributed by atoms with Gasteiger partial charge in [-0.25, -0.2) is 0 Å². The van der Waals surface area contributed by atoms with Crippen molar-refractivity contribution < 1.29 is 9.47 Å². The first-order chi connectivity index (χ1) is 9.26. The minimum atomic E-state index is 0.163. The molecule has 0 aromatic heterocycles. The van der Waals surface area contributed by atoms with Crippen LogP contribution in [0.1, 0.15) is 45.4 Å². The fourth-order valence-corrected chi connectivity index (χ4v) is 4.46. The van der Waals surface area contributed by atoms with Crippen LogP contribution in [0.3, 0.4) is 0 Å². The number of nitrogens with two attached hydrogens (primary N) is 1. The first kappa shape index (κ1) is 15.6. The van der Waals surface area contributed by atoms with E-state index in [1.54, 1.807) is 0 Å². The summed E-state index contributed by atoms with van der Waals surface area (Å²) in [7, 11) is 0. The molecule has 0 amide bonds. The summed E-state index contributed by atoms with van der Waals surface area (Å²) < 4.78 is 11.7. The van der Waals surface area contributed by atoms with Crippen molar-refractivity contribution in [1.29, 1.82) is 0 Å². The van der Waals surface area contributed by atoms with Crippen LogP contribution >= 0.6 is 11.8 Å². The highest BCUT2D eigenvalue weighted by atomic mass is 32.2. The van der Waals surface area contributed by atoms with Crippen molar-refractivity contribution in [2.75, 3.05) is 31.3 Å². The van der Waals surface area contributed by atoms with Crippen LogP contribution in [0, 0.1) is 5.92 Å². The molecular formula is C15H29NO2S. The smallest absolute Gasteiger partial charge is 0.0701 e. The van der Waals surface area contributed by atoms with Crippen LogP contribution in [-0.4, -0.2) is 43.0 Å². The van der Waals surface area contributed by atoms with E-state index in [2.05, 4.69) is 18.7 Å². The van der Waals surface area contributed by atoms with Crippen molar-refractivity contribution in [3.05, 3.63) is 0 Å². The second-order valence-corrected chi connectivity index (χ2v) is 7.19. The molecule has 2 fully saturated rings. The molecule has 112 valence electrons. The van der Waals surface area contributed by atoms with Crippen molar-refractivity contribution >= 4 is 11.8 Å². The van der Waals surface area contributed by atoms with Gasteiger partial charge in [-0.3, -0.25) is 0 Å². The molecule has 0 saturated carbocycles. The van der Waals surface area contributed by atoms with E-state index >= 15 is 0 Å². The van der Waals surface area contributed by atoms with Crippen LogP contribution in [0.15, 0.2) is 0 Å². The standard InChI is InChI=1S/C15H29NO2S/c1-2-7-17-8-4-14(16)13-3-9-18-15(12-13)5-10-19-11-6-15/h13-14H,2-12,16H2,1H3. The molecule has 2 aliphatic rings. The summed E-state index contributed by atoms with van der Waals surface area (Å²) in [5, 5.41) is 0. The summed E-state index contributed by atoms with van der Waals surface area (Å²) in [6.07, 6.45) is 6.82. The Morgan fingerprint density at radius 3 is 2.89 bits per heavy atom. The second-order valence-electron chi connectivity index (χ2n) is 5.96. The van der Waals surface area contributed by atoms with Crippen molar-refractivity contribution in [3.63, 3.8) is 0 Å². The predicted molar refractivity (Wildman–Crippen MR) is 81.7 cm³/mol. The lowest BCUT2D eigenvalue weighted by atomic mass is 9.78. The van der Waals surface area contributed by atoms with Crippen LogP contribution in [0.5, 0.6) is 0 Å². The Bertz CT molecular complexity index is 251. The SMILES string of the molecule is CCCOCCC(N)C1CCOC2(CCSCC2)C1. The van der Waals surface area contributed by atoms with Gasteiger partial charge in [-0.2, -0.15) is 11.8 Å². The molecule has 4 heteroatoms. The topological polar surface area (TPSA) is 44.5 Å².